The van der Waals surface area contributed by atoms with Crippen molar-refractivity contribution >= 4 is 17.2 Å². The molecule has 1 rings (SSSR count). The number of nitrogens with zero attached hydrogens (tertiary/aromatic N) is 1. The van der Waals surface area contributed by atoms with Gasteiger partial charge in [0.2, 0.25) is 0 Å². The smallest absolute Gasteiger partial charge is 0.127 e. The monoisotopic (exact) mass is 268 g/mol. The highest BCUT2D eigenvalue weighted by atomic mass is 32.1. The summed E-state index contributed by atoms with van der Waals surface area (Å²) in [5.74, 6) is 0.405. The third kappa shape index (κ3) is 4.35. The molecule has 1 unspecified atom stereocenters. The number of hydrogen-bond acceptors (Lipinski definition) is 2. The molecule has 0 aromatic heterocycles. The third-order valence-electron chi connectivity index (χ3n) is 3.09. The zero-order chi connectivity index (χ0) is 13.7. The average Bonchev–Trinajstić information content (AvgIpc) is 2.31. The van der Waals surface area contributed by atoms with Crippen molar-refractivity contribution < 1.29 is 4.39 Å². The molecule has 4 heteroatoms. The Morgan fingerprint density at radius 2 is 2.17 bits per heavy atom. The van der Waals surface area contributed by atoms with E-state index in [1.165, 1.54) is 6.07 Å². The first-order valence-corrected chi connectivity index (χ1v) is 6.61. The molecular weight excluding hydrogens is 247 g/mol. The maximum atomic E-state index is 13.7. The number of halogens is 1. The Morgan fingerprint density at radius 3 is 2.72 bits per heavy atom. The molecule has 2 N–H and O–H groups in total. The molecule has 0 heterocycles. The molecule has 18 heavy (non-hydrogen) atoms. The predicted octanol–water partition coefficient (Wildman–Crippen LogP) is 2.94. The van der Waals surface area contributed by atoms with Crippen molar-refractivity contribution in [2.24, 2.45) is 11.7 Å². The van der Waals surface area contributed by atoms with Gasteiger partial charge in [0.15, 0.2) is 0 Å². The van der Waals surface area contributed by atoms with Crippen molar-refractivity contribution in [3.05, 3.63) is 35.1 Å². The van der Waals surface area contributed by atoms with Gasteiger partial charge in [0, 0.05) is 24.2 Å². The van der Waals surface area contributed by atoms with E-state index in [0.717, 1.165) is 18.5 Å². The summed E-state index contributed by atoms with van der Waals surface area (Å²) >= 11 is 4.91. The average molecular weight is 268 g/mol. The summed E-state index contributed by atoms with van der Waals surface area (Å²) in [6.45, 7) is 5.88. The fraction of sp³-hybridized carbons (Fsp3) is 0.500. The van der Waals surface area contributed by atoms with E-state index in [1.54, 1.807) is 12.1 Å². The first-order valence-electron chi connectivity index (χ1n) is 6.20. The van der Waals surface area contributed by atoms with E-state index in [0.29, 0.717) is 23.0 Å². The lowest BCUT2D eigenvalue weighted by atomic mass is 10.1. The minimum Gasteiger partial charge on any atom is -0.389 e. The fourth-order valence-corrected chi connectivity index (χ4v) is 1.99. The van der Waals surface area contributed by atoms with Crippen molar-refractivity contribution in [2.45, 2.75) is 26.8 Å². The summed E-state index contributed by atoms with van der Waals surface area (Å²) in [5, 5.41) is 0. The van der Waals surface area contributed by atoms with Crippen molar-refractivity contribution in [3.63, 3.8) is 0 Å². The molecular formula is C14H21FN2S. The number of thiocarbonyl (C=S) groups is 1. The Balaban J connectivity index is 2.77. The molecule has 0 saturated heterocycles. The van der Waals surface area contributed by atoms with Gasteiger partial charge in [-0.25, -0.2) is 4.39 Å². The topological polar surface area (TPSA) is 29.3 Å². The Kier molecular flexibility index (Phi) is 5.69. The second kappa shape index (κ2) is 6.81. The van der Waals surface area contributed by atoms with Gasteiger partial charge in [-0.1, -0.05) is 32.5 Å². The second-order valence-electron chi connectivity index (χ2n) is 4.88. The maximum absolute atomic E-state index is 13.7. The van der Waals surface area contributed by atoms with Gasteiger partial charge in [0.05, 0.1) is 0 Å². The van der Waals surface area contributed by atoms with Gasteiger partial charge in [0.25, 0.3) is 0 Å². The molecule has 0 saturated carbocycles. The normalized spacial score (nSPS) is 12.7. The summed E-state index contributed by atoms with van der Waals surface area (Å²) < 4.78 is 13.7. The maximum Gasteiger partial charge on any atom is 0.127 e. The molecule has 2 nitrogen and oxygen atoms in total. The minimum absolute atomic E-state index is 0.203. The molecule has 1 atom stereocenters. The number of hydrogen-bond donors (Lipinski definition) is 1. The van der Waals surface area contributed by atoms with E-state index in [2.05, 4.69) is 18.7 Å². The lowest BCUT2D eigenvalue weighted by Gasteiger charge is -2.21. The van der Waals surface area contributed by atoms with Crippen molar-refractivity contribution in [2.75, 3.05) is 13.6 Å². The van der Waals surface area contributed by atoms with E-state index in [-0.39, 0.29) is 5.82 Å². The van der Waals surface area contributed by atoms with Crippen molar-refractivity contribution in [1.82, 2.24) is 4.90 Å². The predicted molar refractivity (Wildman–Crippen MR) is 78.1 cm³/mol. The first-order chi connectivity index (χ1) is 8.43. The molecule has 0 fully saturated rings. The molecule has 1 aromatic carbocycles. The van der Waals surface area contributed by atoms with Gasteiger partial charge in [0.1, 0.15) is 10.8 Å². The summed E-state index contributed by atoms with van der Waals surface area (Å²) in [6, 6.07) is 4.79. The zero-order valence-electron chi connectivity index (χ0n) is 11.2. The first kappa shape index (κ1) is 15.1. The lowest BCUT2D eigenvalue weighted by Crippen LogP contribution is -2.24. The van der Waals surface area contributed by atoms with E-state index in [4.69, 9.17) is 18.0 Å². The van der Waals surface area contributed by atoms with Gasteiger partial charge >= 0.3 is 0 Å². The van der Waals surface area contributed by atoms with Crippen molar-refractivity contribution in [3.8, 4) is 0 Å². The second-order valence-corrected chi connectivity index (χ2v) is 5.32. The van der Waals surface area contributed by atoms with Crippen LogP contribution in [0.4, 0.5) is 4.39 Å². The van der Waals surface area contributed by atoms with Crippen LogP contribution in [-0.2, 0) is 6.54 Å². The summed E-state index contributed by atoms with van der Waals surface area (Å²) in [7, 11) is 2.00. The molecule has 0 aliphatic heterocycles. The SMILES string of the molecule is CCC(C)CN(C)Cc1cc(C(N)=S)ccc1F. The van der Waals surface area contributed by atoms with Crippen LogP contribution in [0.5, 0.6) is 0 Å². The highest BCUT2D eigenvalue weighted by Gasteiger charge is 2.10. The van der Waals surface area contributed by atoms with E-state index in [9.17, 15) is 4.39 Å². The van der Waals surface area contributed by atoms with Crippen LogP contribution in [0.2, 0.25) is 0 Å². The Morgan fingerprint density at radius 1 is 1.50 bits per heavy atom. The molecule has 1 aromatic rings. The number of benzene rings is 1. The highest BCUT2D eigenvalue weighted by molar-refractivity contribution is 7.80. The Bertz CT molecular complexity index is 420. The standard InChI is InChI=1S/C14H21FN2S/c1-4-10(2)8-17(3)9-12-7-11(14(16)18)5-6-13(12)15/h5-7,10H,4,8-9H2,1-3H3,(H2,16,18). The quantitative estimate of drug-likeness (QED) is 0.804. The molecule has 0 bridgehead atoms. The molecule has 0 spiro atoms. The third-order valence-corrected chi connectivity index (χ3v) is 3.33. The summed E-state index contributed by atoms with van der Waals surface area (Å²) in [4.78, 5) is 2.43. The van der Waals surface area contributed by atoms with Gasteiger partial charge in [-0.3, -0.25) is 0 Å². The van der Waals surface area contributed by atoms with Crippen LogP contribution in [0.1, 0.15) is 31.4 Å². The number of rotatable bonds is 6. The van der Waals surface area contributed by atoms with Crippen LogP contribution in [0.3, 0.4) is 0 Å². The van der Waals surface area contributed by atoms with E-state index < -0.39 is 0 Å². The van der Waals surface area contributed by atoms with Crippen molar-refractivity contribution in [1.29, 1.82) is 0 Å². The fourth-order valence-electron chi connectivity index (χ4n) is 1.87. The van der Waals surface area contributed by atoms with Gasteiger partial charge < -0.3 is 10.6 Å². The minimum atomic E-state index is -0.203. The van der Waals surface area contributed by atoms with Gasteiger partial charge in [-0.05, 0) is 31.2 Å². The highest BCUT2D eigenvalue weighted by Crippen LogP contribution is 2.14. The van der Waals surface area contributed by atoms with E-state index >= 15 is 0 Å². The molecule has 0 radical (unpaired) electrons. The molecule has 0 amide bonds. The van der Waals surface area contributed by atoms with Crippen LogP contribution in [-0.4, -0.2) is 23.5 Å². The van der Waals surface area contributed by atoms with Crippen LogP contribution < -0.4 is 5.73 Å². The zero-order valence-corrected chi connectivity index (χ0v) is 12.1. The van der Waals surface area contributed by atoms with Crippen LogP contribution in [0.25, 0.3) is 0 Å². The van der Waals surface area contributed by atoms with Crippen LogP contribution in [0, 0.1) is 11.7 Å². The van der Waals surface area contributed by atoms with Gasteiger partial charge in [-0.15, -0.1) is 0 Å². The summed E-state index contributed by atoms with van der Waals surface area (Å²) in [5.41, 5.74) is 6.93. The molecule has 100 valence electrons. The molecule has 0 aliphatic rings. The molecule has 0 aliphatic carbocycles. The van der Waals surface area contributed by atoms with Gasteiger partial charge in [-0.2, -0.15) is 0 Å². The van der Waals surface area contributed by atoms with Crippen LogP contribution >= 0.6 is 12.2 Å². The number of nitrogens with two attached hydrogens (primary N) is 1. The lowest BCUT2D eigenvalue weighted by molar-refractivity contribution is 0.272. The summed E-state index contributed by atoms with van der Waals surface area (Å²) in [6.07, 6.45) is 1.12. The van der Waals surface area contributed by atoms with Crippen LogP contribution in [0.15, 0.2) is 18.2 Å². The van der Waals surface area contributed by atoms with E-state index in [1.807, 2.05) is 7.05 Å². The Labute approximate surface area is 114 Å². The largest absolute Gasteiger partial charge is 0.389 e. The Hall–Kier alpha value is -1.00.